The Bertz CT molecular complexity index is 996. The van der Waals surface area contributed by atoms with Gasteiger partial charge in [-0.1, -0.05) is 19.1 Å². The first-order valence-corrected chi connectivity index (χ1v) is 10.1. The van der Waals surface area contributed by atoms with Crippen molar-refractivity contribution in [1.82, 2.24) is 0 Å². The van der Waals surface area contributed by atoms with E-state index in [2.05, 4.69) is 6.92 Å². The highest BCUT2D eigenvalue weighted by Gasteiger charge is 2.50. The largest absolute Gasteiger partial charge is 0.423 e. The van der Waals surface area contributed by atoms with E-state index >= 15 is 0 Å². The monoisotopic (exact) mass is 391 g/mol. The lowest BCUT2D eigenvalue weighted by Crippen LogP contribution is -2.31. The van der Waals surface area contributed by atoms with Gasteiger partial charge in [0, 0.05) is 0 Å². The quantitative estimate of drug-likeness (QED) is 0.441. The van der Waals surface area contributed by atoms with Crippen molar-refractivity contribution in [2.75, 3.05) is 4.90 Å². The third-order valence-electron chi connectivity index (χ3n) is 6.22. The highest BCUT2D eigenvalue weighted by Crippen LogP contribution is 2.42. The summed E-state index contributed by atoms with van der Waals surface area (Å²) in [5.41, 5.74) is 2.91. The van der Waals surface area contributed by atoms with Crippen molar-refractivity contribution in [3.8, 4) is 5.75 Å². The summed E-state index contributed by atoms with van der Waals surface area (Å²) in [5, 5.41) is 0. The topological polar surface area (TPSA) is 63.7 Å². The molecule has 2 fully saturated rings. The van der Waals surface area contributed by atoms with E-state index in [0.717, 1.165) is 30.4 Å². The molecule has 0 unspecified atom stereocenters. The number of carbonyl (C=O) groups is 3. The first kappa shape index (κ1) is 19.4. The number of amides is 2. The number of hydrogen-bond donors (Lipinski definition) is 0. The molecule has 0 bridgehead atoms. The number of rotatable bonds is 3. The Morgan fingerprint density at radius 1 is 0.966 bits per heavy atom. The molecule has 2 aromatic rings. The normalized spacial score (nSPS) is 23.8. The second kappa shape index (κ2) is 7.47. The summed E-state index contributed by atoms with van der Waals surface area (Å²) in [6.07, 6.45) is 2.47. The molecule has 1 aliphatic heterocycles. The van der Waals surface area contributed by atoms with Crippen LogP contribution in [0.15, 0.2) is 42.5 Å². The van der Waals surface area contributed by atoms with Crippen molar-refractivity contribution in [2.45, 2.75) is 40.0 Å². The lowest BCUT2D eigenvalue weighted by Gasteiger charge is -2.25. The summed E-state index contributed by atoms with van der Waals surface area (Å²) in [6, 6.07) is 12.0. The Hall–Kier alpha value is -2.95. The smallest absolute Gasteiger partial charge is 0.343 e. The summed E-state index contributed by atoms with van der Waals surface area (Å²) in [6.45, 7) is 6.07. The Labute approximate surface area is 170 Å². The van der Waals surface area contributed by atoms with Gasteiger partial charge in [-0.05, 0) is 80.5 Å². The Morgan fingerprint density at radius 3 is 2.48 bits per heavy atom. The van der Waals surface area contributed by atoms with Crippen molar-refractivity contribution in [3.63, 3.8) is 0 Å². The zero-order valence-corrected chi connectivity index (χ0v) is 17.0. The van der Waals surface area contributed by atoms with Crippen LogP contribution in [0.4, 0.5) is 5.69 Å². The molecule has 0 N–H and O–H groups in total. The summed E-state index contributed by atoms with van der Waals surface area (Å²) >= 11 is 0. The molecule has 5 heteroatoms. The predicted octanol–water partition coefficient (Wildman–Crippen LogP) is 4.45. The average molecular weight is 391 g/mol. The van der Waals surface area contributed by atoms with E-state index in [1.807, 2.05) is 26.0 Å². The van der Waals surface area contributed by atoms with E-state index in [4.69, 9.17) is 4.74 Å². The van der Waals surface area contributed by atoms with Crippen molar-refractivity contribution < 1.29 is 19.1 Å². The summed E-state index contributed by atoms with van der Waals surface area (Å²) < 4.78 is 5.49. The van der Waals surface area contributed by atoms with Crippen LogP contribution >= 0.6 is 0 Å². The predicted molar refractivity (Wildman–Crippen MR) is 110 cm³/mol. The second-order valence-electron chi connectivity index (χ2n) is 8.33. The van der Waals surface area contributed by atoms with Gasteiger partial charge < -0.3 is 4.74 Å². The van der Waals surface area contributed by atoms with Gasteiger partial charge in [0.05, 0.1) is 23.1 Å². The highest BCUT2D eigenvalue weighted by atomic mass is 16.5. The van der Waals surface area contributed by atoms with E-state index in [1.165, 1.54) is 4.90 Å². The number of aryl methyl sites for hydroxylation is 2. The van der Waals surface area contributed by atoms with Crippen LogP contribution in [-0.4, -0.2) is 17.8 Å². The molecule has 0 radical (unpaired) electrons. The molecule has 1 aliphatic carbocycles. The van der Waals surface area contributed by atoms with Crippen LogP contribution in [0.25, 0.3) is 0 Å². The maximum absolute atomic E-state index is 12.9. The average Bonchev–Trinajstić information content (AvgIpc) is 2.94. The van der Waals surface area contributed by atoms with Gasteiger partial charge in [0.25, 0.3) is 0 Å². The van der Waals surface area contributed by atoms with Crippen LogP contribution in [0.1, 0.15) is 47.7 Å². The van der Waals surface area contributed by atoms with E-state index in [-0.39, 0.29) is 23.7 Å². The SMILES string of the molecule is Cc1ccc(OC(=O)c2cccc(N3C(=O)[C@@H]4CC[C@@H](C)C[C@H]4C3=O)c2)cc1C. The van der Waals surface area contributed by atoms with Gasteiger partial charge in [-0.15, -0.1) is 0 Å². The van der Waals surface area contributed by atoms with Crippen molar-refractivity contribution in [1.29, 1.82) is 0 Å². The molecule has 2 aromatic carbocycles. The van der Waals surface area contributed by atoms with Crippen LogP contribution in [-0.2, 0) is 9.59 Å². The van der Waals surface area contributed by atoms with Crippen LogP contribution in [0, 0.1) is 31.6 Å². The fourth-order valence-corrected chi connectivity index (χ4v) is 4.36. The standard InChI is InChI=1S/C24H25NO4/c1-14-7-10-20-21(11-14)23(27)25(22(20)26)18-6-4-5-17(13-18)24(28)29-19-9-8-15(2)16(3)12-19/h4-6,8-9,12-14,20-21H,7,10-11H2,1-3H3/t14-,20-,21-/m1/s1. The minimum Gasteiger partial charge on any atom is -0.423 e. The number of fused-ring (bicyclic) bond motifs is 1. The molecule has 150 valence electrons. The molecule has 1 heterocycles. The lowest BCUT2D eigenvalue weighted by molar-refractivity contribution is -0.122. The number of benzene rings is 2. The van der Waals surface area contributed by atoms with E-state index < -0.39 is 5.97 Å². The van der Waals surface area contributed by atoms with Crippen LogP contribution in [0.2, 0.25) is 0 Å². The van der Waals surface area contributed by atoms with Gasteiger partial charge in [0.15, 0.2) is 0 Å². The number of ether oxygens (including phenoxy) is 1. The first-order chi connectivity index (χ1) is 13.8. The number of carbonyl (C=O) groups excluding carboxylic acids is 3. The summed E-state index contributed by atoms with van der Waals surface area (Å²) in [4.78, 5) is 39.7. The fourth-order valence-electron chi connectivity index (χ4n) is 4.36. The Kier molecular flexibility index (Phi) is 4.99. The van der Waals surface area contributed by atoms with E-state index in [1.54, 1.807) is 30.3 Å². The lowest BCUT2D eigenvalue weighted by atomic mass is 9.76. The van der Waals surface area contributed by atoms with Gasteiger partial charge in [-0.3, -0.25) is 14.5 Å². The molecular weight excluding hydrogens is 366 g/mol. The zero-order chi connectivity index (χ0) is 20.7. The molecular formula is C24H25NO4. The van der Waals surface area contributed by atoms with Crippen molar-refractivity contribution in [2.24, 2.45) is 17.8 Å². The minimum absolute atomic E-state index is 0.147. The van der Waals surface area contributed by atoms with Gasteiger partial charge in [-0.2, -0.15) is 0 Å². The minimum atomic E-state index is -0.514. The first-order valence-electron chi connectivity index (χ1n) is 10.1. The molecule has 0 spiro atoms. The van der Waals surface area contributed by atoms with Gasteiger partial charge in [0.1, 0.15) is 5.75 Å². The molecule has 0 aromatic heterocycles. The fraction of sp³-hybridized carbons (Fsp3) is 0.375. The van der Waals surface area contributed by atoms with Gasteiger partial charge in [-0.25, -0.2) is 4.79 Å². The molecule has 4 rings (SSSR count). The number of anilines is 1. The van der Waals surface area contributed by atoms with Crippen LogP contribution in [0.3, 0.4) is 0 Å². The van der Waals surface area contributed by atoms with Crippen LogP contribution < -0.4 is 9.64 Å². The third-order valence-corrected chi connectivity index (χ3v) is 6.22. The van der Waals surface area contributed by atoms with E-state index in [0.29, 0.717) is 22.9 Å². The van der Waals surface area contributed by atoms with Crippen LogP contribution in [0.5, 0.6) is 5.75 Å². The van der Waals surface area contributed by atoms with E-state index in [9.17, 15) is 14.4 Å². The number of imide groups is 1. The maximum atomic E-state index is 12.9. The highest BCUT2D eigenvalue weighted by molar-refractivity contribution is 6.22. The zero-order valence-electron chi connectivity index (χ0n) is 17.0. The number of hydrogen-bond acceptors (Lipinski definition) is 4. The number of nitrogens with zero attached hydrogens (tertiary/aromatic N) is 1. The third kappa shape index (κ3) is 3.57. The summed E-state index contributed by atoms with van der Waals surface area (Å²) in [7, 11) is 0. The maximum Gasteiger partial charge on any atom is 0.343 e. The van der Waals surface area contributed by atoms with Crippen molar-refractivity contribution >= 4 is 23.5 Å². The molecule has 29 heavy (non-hydrogen) atoms. The van der Waals surface area contributed by atoms with Crippen molar-refractivity contribution in [3.05, 3.63) is 59.2 Å². The molecule has 2 aliphatic rings. The number of esters is 1. The second-order valence-corrected chi connectivity index (χ2v) is 8.33. The van der Waals surface area contributed by atoms with Gasteiger partial charge >= 0.3 is 5.97 Å². The van der Waals surface area contributed by atoms with Gasteiger partial charge in [0.2, 0.25) is 11.8 Å². The molecule has 1 saturated heterocycles. The molecule has 1 saturated carbocycles. The Balaban J connectivity index is 1.57. The summed E-state index contributed by atoms with van der Waals surface area (Å²) in [5.74, 6) is -0.357. The molecule has 3 atom stereocenters. The molecule has 5 nitrogen and oxygen atoms in total. The Morgan fingerprint density at radius 2 is 1.72 bits per heavy atom. The molecule has 2 amide bonds.